The Morgan fingerprint density at radius 2 is 1.80 bits per heavy atom. The van der Waals surface area contributed by atoms with E-state index in [9.17, 15) is 9.59 Å². The Morgan fingerprint density at radius 1 is 1.04 bits per heavy atom. The van der Waals surface area contributed by atoms with Crippen LogP contribution >= 0.6 is 0 Å². The van der Waals surface area contributed by atoms with Crippen LogP contribution in [0.3, 0.4) is 0 Å². The molecule has 4 rings (SSSR count). The van der Waals surface area contributed by atoms with Gasteiger partial charge in [-0.2, -0.15) is 0 Å². The topological polar surface area (TPSA) is 84.2 Å². The van der Waals surface area contributed by atoms with Crippen molar-refractivity contribution in [3.63, 3.8) is 0 Å². The number of para-hydroxylation sites is 1. The fourth-order valence-corrected chi connectivity index (χ4v) is 3.23. The van der Waals surface area contributed by atoms with Gasteiger partial charge in [0.1, 0.15) is 0 Å². The van der Waals surface area contributed by atoms with E-state index in [0.29, 0.717) is 11.3 Å². The van der Waals surface area contributed by atoms with Gasteiger partial charge in [-0.15, -0.1) is 0 Å². The maximum absolute atomic E-state index is 11.6. The van der Waals surface area contributed by atoms with Crippen LogP contribution in [0.1, 0.15) is 20.8 Å². The van der Waals surface area contributed by atoms with E-state index in [4.69, 9.17) is 23.4 Å². The van der Waals surface area contributed by atoms with Crippen molar-refractivity contribution >= 4 is 17.1 Å². The van der Waals surface area contributed by atoms with Crippen molar-refractivity contribution in [2.75, 3.05) is 0 Å². The molecule has 1 aromatic carbocycles. The second-order valence-corrected chi connectivity index (χ2v) is 6.84. The number of fused-ring (bicyclic) bond motifs is 2. The summed E-state index contributed by atoms with van der Waals surface area (Å²) in [6, 6.07) is 8.26. The normalized spacial score (nSPS) is 30.4. The van der Waals surface area contributed by atoms with Gasteiger partial charge in [0, 0.05) is 17.4 Å². The van der Waals surface area contributed by atoms with Gasteiger partial charge in [0.25, 0.3) is 0 Å². The lowest BCUT2D eigenvalue weighted by Gasteiger charge is -2.44. The van der Waals surface area contributed by atoms with Crippen molar-refractivity contribution in [2.45, 2.75) is 44.9 Å². The lowest BCUT2D eigenvalue weighted by atomic mass is 9.82. The largest absolute Gasteiger partial charge is 0.509 e. The van der Waals surface area contributed by atoms with E-state index in [1.54, 1.807) is 24.3 Å². The van der Waals surface area contributed by atoms with Gasteiger partial charge in [0.15, 0.2) is 17.4 Å². The molecule has 2 aliphatic rings. The lowest BCUT2D eigenvalue weighted by Crippen LogP contribution is -2.58. The average Bonchev–Trinajstić information content (AvgIpc) is 2.95. The minimum absolute atomic E-state index is 0.0748. The van der Waals surface area contributed by atoms with Gasteiger partial charge in [-0.3, -0.25) is 0 Å². The van der Waals surface area contributed by atoms with Crippen LogP contribution in [0.4, 0.5) is 4.79 Å². The third-order valence-corrected chi connectivity index (χ3v) is 4.92. The Balaban J connectivity index is 1.71. The van der Waals surface area contributed by atoms with Crippen molar-refractivity contribution in [2.24, 2.45) is 5.92 Å². The van der Waals surface area contributed by atoms with Gasteiger partial charge in [-0.05, 0) is 26.0 Å². The second kappa shape index (κ2) is 5.49. The van der Waals surface area contributed by atoms with Crippen LogP contribution in [-0.2, 0) is 14.2 Å². The van der Waals surface area contributed by atoms with Crippen molar-refractivity contribution in [3.8, 4) is 5.75 Å². The Morgan fingerprint density at radius 3 is 2.60 bits per heavy atom. The summed E-state index contributed by atoms with van der Waals surface area (Å²) in [6.07, 6.45) is -2.77. The standard InChI is InChI=1S/C18H18O7/c1-9-13-15(24-17(20)23-13)16(25-18(9,2)3)21-11-6-4-5-10-7-8-12(19)22-14(10)11/h4-9,13,15-16H,1-3H3/t9-,13-,15+,16?/m1/s1. The predicted molar refractivity (Wildman–Crippen MR) is 86.4 cm³/mol. The molecule has 1 aromatic heterocycles. The molecule has 132 valence electrons. The summed E-state index contributed by atoms with van der Waals surface area (Å²) in [5.74, 6) is 0.265. The van der Waals surface area contributed by atoms with Crippen LogP contribution in [0.25, 0.3) is 11.0 Å². The fourth-order valence-electron chi connectivity index (χ4n) is 3.23. The van der Waals surface area contributed by atoms with Gasteiger partial charge in [0.05, 0.1) is 5.60 Å². The fraction of sp³-hybridized carbons (Fsp3) is 0.444. The molecular weight excluding hydrogens is 328 g/mol. The molecule has 0 bridgehead atoms. The molecule has 4 atom stereocenters. The summed E-state index contributed by atoms with van der Waals surface area (Å²) >= 11 is 0. The van der Waals surface area contributed by atoms with Gasteiger partial charge in [-0.25, -0.2) is 9.59 Å². The number of hydrogen-bond acceptors (Lipinski definition) is 7. The highest BCUT2D eigenvalue weighted by atomic mass is 16.8. The minimum Gasteiger partial charge on any atom is -0.457 e. The van der Waals surface area contributed by atoms with E-state index >= 15 is 0 Å². The van der Waals surface area contributed by atoms with Crippen LogP contribution in [0.2, 0.25) is 0 Å². The van der Waals surface area contributed by atoms with E-state index in [0.717, 1.165) is 5.39 Å². The highest BCUT2D eigenvalue weighted by Crippen LogP contribution is 2.41. The van der Waals surface area contributed by atoms with E-state index in [1.807, 2.05) is 20.8 Å². The average molecular weight is 346 g/mol. The van der Waals surface area contributed by atoms with Crippen LogP contribution in [-0.4, -0.2) is 30.3 Å². The van der Waals surface area contributed by atoms with Crippen LogP contribution in [0, 0.1) is 5.92 Å². The molecule has 2 fully saturated rings. The lowest BCUT2D eigenvalue weighted by molar-refractivity contribution is -0.259. The zero-order chi connectivity index (χ0) is 17.8. The number of rotatable bonds is 2. The Hall–Kier alpha value is -2.54. The quantitative estimate of drug-likeness (QED) is 0.610. The number of carbonyl (C=O) groups is 1. The van der Waals surface area contributed by atoms with Crippen molar-refractivity contribution in [3.05, 3.63) is 40.8 Å². The molecule has 0 N–H and O–H groups in total. The summed E-state index contributed by atoms with van der Waals surface area (Å²) in [5.41, 5.74) is -0.752. The maximum atomic E-state index is 11.6. The molecular formula is C18H18O7. The molecule has 3 heterocycles. The van der Waals surface area contributed by atoms with Crippen molar-refractivity contribution in [1.29, 1.82) is 0 Å². The SMILES string of the molecule is C[C@@H]1[C@H]2OC(=O)O[C@@H]2C(Oc2cccc3ccc(=O)oc23)OC1(C)C. The highest BCUT2D eigenvalue weighted by Gasteiger charge is 2.56. The summed E-state index contributed by atoms with van der Waals surface area (Å²) in [4.78, 5) is 23.2. The molecule has 1 unspecified atom stereocenters. The van der Waals surface area contributed by atoms with E-state index in [2.05, 4.69) is 0 Å². The molecule has 2 saturated heterocycles. The van der Waals surface area contributed by atoms with E-state index in [-0.39, 0.29) is 5.92 Å². The summed E-state index contributed by atoms with van der Waals surface area (Å²) in [7, 11) is 0. The first-order chi connectivity index (χ1) is 11.8. The Bertz CT molecular complexity index is 884. The van der Waals surface area contributed by atoms with Crippen LogP contribution < -0.4 is 10.4 Å². The molecule has 0 spiro atoms. The first-order valence-electron chi connectivity index (χ1n) is 8.10. The number of carbonyl (C=O) groups excluding carboxylic acids is 1. The second-order valence-electron chi connectivity index (χ2n) is 6.84. The Labute approximate surface area is 143 Å². The molecule has 0 amide bonds. The number of hydrogen-bond donors (Lipinski definition) is 0. The number of benzene rings is 1. The third-order valence-electron chi connectivity index (χ3n) is 4.92. The van der Waals surface area contributed by atoms with Crippen molar-refractivity contribution in [1.82, 2.24) is 0 Å². The molecule has 25 heavy (non-hydrogen) atoms. The molecule has 2 aliphatic heterocycles. The van der Waals surface area contributed by atoms with Gasteiger partial charge in [-0.1, -0.05) is 19.1 Å². The first-order valence-corrected chi connectivity index (χ1v) is 8.10. The molecule has 0 aliphatic carbocycles. The third kappa shape index (κ3) is 2.64. The van der Waals surface area contributed by atoms with Gasteiger partial charge >= 0.3 is 11.8 Å². The first kappa shape index (κ1) is 16.0. The maximum Gasteiger partial charge on any atom is 0.509 e. The van der Waals surface area contributed by atoms with Gasteiger partial charge < -0.3 is 23.4 Å². The minimum atomic E-state index is -0.876. The van der Waals surface area contributed by atoms with E-state index in [1.165, 1.54) is 6.07 Å². The van der Waals surface area contributed by atoms with Crippen LogP contribution in [0.15, 0.2) is 39.5 Å². The molecule has 2 aromatic rings. The molecule has 7 nitrogen and oxygen atoms in total. The summed E-state index contributed by atoms with van der Waals surface area (Å²) in [5, 5.41) is 0.719. The zero-order valence-corrected chi connectivity index (χ0v) is 14.1. The smallest absolute Gasteiger partial charge is 0.457 e. The van der Waals surface area contributed by atoms with Gasteiger partial charge in [0.2, 0.25) is 12.4 Å². The Kier molecular flexibility index (Phi) is 3.50. The zero-order valence-electron chi connectivity index (χ0n) is 14.1. The molecule has 0 radical (unpaired) electrons. The van der Waals surface area contributed by atoms with E-state index < -0.39 is 35.9 Å². The van der Waals surface area contributed by atoms with Crippen molar-refractivity contribution < 1.29 is 28.2 Å². The van der Waals surface area contributed by atoms with Crippen LogP contribution in [0.5, 0.6) is 5.75 Å². The summed E-state index contributed by atoms with van der Waals surface area (Å²) < 4.78 is 27.8. The summed E-state index contributed by atoms with van der Waals surface area (Å²) in [6.45, 7) is 5.74. The number of ether oxygens (including phenoxy) is 4. The molecule has 0 saturated carbocycles. The molecule has 7 heteroatoms. The highest BCUT2D eigenvalue weighted by molar-refractivity contribution is 5.82. The predicted octanol–water partition coefficient (Wildman–Crippen LogP) is 2.85. The monoisotopic (exact) mass is 346 g/mol.